The molecule has 4 heteroatoms. The summed E-state index contributed by atoms with van der Waals surface area (Å²) in [6, 6.07) is 8.43. The Morgan fingerprint density at radius 2 is 2.05 bits per heavy atom. The molecule has 0 amide bonds. The van der Waals surface area contributed by atoms with Crippen LogP contribution in [-0.4, -0.2) is 49.4 Å². The monoisotopic (exact) mass is 264 g/mol. The van der Waals surface area contributed by atoms with Gasteiger partial charge in [-0.05, 0) is 19.4 Å². The highest BCUT2D eigenvalue weighted by atomic mass is 16.5. The fourth-order valence-corrected chi connectivity index (χ4v) is 2.69. The lowest BCUT2D eigenvalue weighted by atomic mass is 10.0. The van der Waals surface area contributed by atoms with Crippen LogP contribution in [-0.2, 0) is 0 Å². The number of aliphatic hydroxyl groups excluding tert-OH is 1. The molecule has 4 nitrogen and oxygen atoms in total. The Kier molecular flexibility index (Phi) is 5.63. The molecule has 1 atom stereocenters. The largest absolute Gasteiger partial charge is 0.494 e. The zero-order valence-corrected chi connectivity index (χ0v) is 11.6. The average Bonchev–Trinajstić information content (AvgIpc) is 2.47. The van der Waals surface area contributed by atoms with Gasteiger partial charge in [-0.15, -0.1) is 0 Å². The molecule has 0 unspecified atom stereocenters. The van der Waals surface area contributed by atoms with Crippen LogP contribution in [0.4, 0.5) is 0 Å². The number of rotatable bonds is 6. The van der Waals surface area contributed by atoms with Crippen LogP contribution in [0.1, 0.15) is 24.9 Å². The highest BCUT2D eigenvalue weighted by molar-refractivity contribution is 5.36. The van der Waals surface area contributed by atoms with Crippen LogP contribution in [0, 0.1) is 0 Å². The van der Waals surface area contributed by atoms with Crippen molar-refractivity contribution in [3.05, 3.63) is 29.8 Å². The molecule has 19 heavy (non-hydrogen) atoms. The Morgan fingerprint density at radius 1 is 1.32 bits per heavy atom. The van der Waals surface area contributed by atoms with E-state index in [4.69, 9.17) is 4.74 Å². The number of hydrogen-bond donors (Lipinski definition) is 2. The van der Waals surface area contributed by atoms with E-state index in [1.165, 1.54) is 5.56 Å². The van der Waals surface area contributed by atoms with Gasteiger partial charge in [0, 0.05) is 44.4 Å². The minimum absolute atomic E-state index is 0.203. The van der Waals surface area contributed by atoms with Crippen LogP contribution in [0.2, 0.25) is 0 Å². The third kappa shape index (κ3) is 3.69. The second kappa shape index (κ2) is 7.48. The van der Waals surface area contributed by atoms with E-state index in [0.717, 1.165) is 38.3 Å². The Labute approximate surface area is 115 Å². The van der Waals surface area contributed by atoms with E-state index in [1.807, 2.05) is 25.1 Å². The number of nitrogens with one attached hydrogen (secondary N) is 1. The quantitative estimate of drug-likeness (QED) is 0.815. The predicted octanol–water partition coefficient (Wildman–Crippen LogP) is 1.41. The molecule has 0 aromatic heterocycles. The molecule has 0 aliphatic carbocycles. The van der Waals surface area contributed by atoms with Crippen molar-refractivity contribution >= 4 is 0 Å². The number of para-hydroxylation sites is 1. The third-order valence-corrected chi connectivity index (χ3v) is 3.57. The molecule has 2 rings (SSSR count). The van der Waals surface area contributed by atoms with Gasteiger partial charge in [0.15, 0.2) is 0 Å². The molecule has 1 aromatic rings. The van der Waals surface area contributed by atoms with Gasteiger partial charge in [0.1, 0.15) is 5.75 Å². The second-order valence-electron chi connectivity index (χ2n) is 4.78. The zero-order chi connectivity index (χ0) is 13.5. The second-order valence-corrected chi connectivity index (χ2v) is 4.78. The van der Waals surface area contributed by atoms with Gasteiger partial charge in [-0.3, -0.25) is 4.90 Å². The van der Waals surface area contributed by atoms with Crippen LogP contribution < -0.4 is 10.1 Å². The van der Waals surface area contributed by atoms with Crippen molar-refractivity contribution in [1.29, 1.82) is 0 Å². The van der Waals surface area contributed by atoms with Crippen molar-refractivity contribution in [3.8, 4) is 5.75 Å². The maximum absolute atomic E-state index is 9.37. The maximum Gasteiger partial charge on any atom is 0.124 e. The standard InChI is InChI=1S/C15H24N2O2/c1-2-19-15-6-4-3-5-13(15)14(7-12-18)17-10-8-16-9-11-17/h3-6,14,16,18H,2,7-12H2,1H3/t14-/m0/s1. The van der Waals surface area contributed by atoms with Crippen LogP contribution >= 0.6 is 0 Å². The third-order valence-electron chi connectivity index (χ3n) is 3.57. The lowest BCUT2D eigenvalue weighted by Gasteiger charge is -2.35. The molecular formula is C15H24N2O2. The first kappa shape index (κ1) is 14.3. The maximum atomic E-state index is 9.37. The normalized spacial score (nSPS) is 18.2. The van der Waals surface area contributed by atoms with Crippen molar-refractivity contribution < 1.29 is 9.84 Å². The number of ether oxygens (including phenoxy) is 1. The summed E-state index contributed by atoms with van der Waals surface area (Å²) in [5.74, 6) is 0.946. The summed E-state index contributed by atoms with van der Waals surface area (Å²) in [4.78, 5) is 2.44. The smallest absolute Gasteiger partial charge is 0.124 e. The van der Waals surface area contributed by atoms with Crippen LogP contribution in [0.25, 0.3) is 0 Å². The van der Waals surface area contributed by atoms with Crippen molar-refractivity contribution in [2.24, 2.45) is 0 Å². The molecule has 0 radical (unpaired) electrons. The molecule has 106 valence electrons. The SMILES string of the molecule is CCOc1ccccc1[C@H](CCO)N1CCNCC1. The summed E-state index contributed by atoms with van der Waals surface area (Å²) in [7, 11) is 0. The highest BCUT2D eigenvalue weighted by Gasteiger charge is 2.24. The van der Waals surface area contributed by atoms with E-state index in [2.05, 4.69) is 16.3 Å². The first-order valence-corrected chi connectivity index (χ1v) is 7.14. The van der Waals surface area contributed by atoms with Gasteiger partial charge in [-0.1, -0.05) is 18.2 Å². The molecule has 1 fully saturated rings. The van der Waals surface area contributed by atoms with Gasteiger partial charge in [0.25, 0.3) is 0 Å². The molecule has 0 bridgehead atoms. The Morgan fingerprint density at radius 3 is 2.74 bits per heavy atom. The van der Waals surface area contributed by atoms with E-state index in [9.17, 15) is 5.11 Å². The van der Waals surface area contributed by atoms with E-state index >= 15 is 0 Å². The number of nitrogens with zero attached hydrogens (tertiary/aromatic N) is 1. The molecule has 1 heterocycles. The molecule has 0 saturated carbocycles. The molecule has 1 aliphatic heterocycles. The Bertz CT molecular complexity index is 378. The number of benzene rings is 1. The molecular weight excluding hydrogens is 240 g/mol. The van der Waals surface area contributed by atoms with Gasteiger partial charge in [0.05, 0.1) is 6.61 Å². The molecule has 0 spiro atoms. The first-order valence-electron chi connectivity index (χ1n) is 7.14. The number of piperazine rings is 1. The fraction of sp³-hybridized carbons (Fsp3) is 0.600. The minimum Gasteiger partial charge on any atom is -0.494 e. The molecule has 1 aliphatic rings. The summed E-state index contributed by atoms with van der Waals surface area (Å²) >= 11 is 0. The molecule has 1 aromatic carbocycles. The van der Waals surface area contributed by atoms with Crippen molar-refractivity contribution in [1.82, 2.24) is 10.2 Å². The Balaban J connectivity index is 2.21. The van der Waals surface area contributed by atoms with Crippen molar-refractivity contribution in [2.75, 3.05) is 39.4 Å². The van der Waals surface area contributed by atoms with E-state index in [0.29, 0.717) is 6.61 Å². The zero-order valence-electron chi connectivity index (χ0n) is 11.6. The summed E-state index contributed by atoms with van der Waals surface area (Å²) in [6.45, 7) is 6.94. The lowest BCUT2D eigenvalue weighted by molar-refractivity contribution is 0.138. The van der Waals surface area contributed by atoms with E-state index in [-0.39, 0.29) is 12.6 Å². The van der Waals surface area contributed by atoms with Crippen molar-refractivity contribution in [3.63, 3.8) is 0 Å². The van der Waals surface area contributed by atoms with E-state index < -0.39 is 0 Å². The average molecular weight is 264 g/mol. The molecule has 1 saturated heterocycles. The fourth-order valence-electron chi connectivity index (χ4n) is 2.69. The van der Waals surface area contributed by atoms with Gasteiger partial charge in [-0.25, -0.2) is 0 Å². The van der Waals surface area contributed by atoms with E-state index in [1.54, 1.807) is 0 Å². The summed E-state index contributed by atoms with van der Waals surface area (Å²) in [5.41, 5.74) is 1.19. The van der Waals surface area contributed by atoms with Crippen molar-refractivity contribution in [2.45, 2.75) is 19.4 Å². The van der Waals surface area contributed by atoms with Gasteiger partial charge in [0.2, 0.25) is 0 Å². The summed E-state index contributed by atoms with van der Waals surface area (Å²) < 4.78 is 5.73. The summed E-state index contributed by atoms with van der Waals surface area (Å²) in [6.07, 6.45) is 0.754. The number of aliphatic hydroxyl groups is 1. The minimum atomic E-state index is 0.203. The van der Waals surface area contributed by atoms with Gasteiger partial charge >= 0.3 is 0 Å². The predicted molar refractivity (Wildman–Crippen MR) is 76.5 cm³/mol. The Hall–Kier alpha value is -1.10. The summed E-state index contributed by atoms with van der Waals surface area (Å²) in [5, 5.41) is 12.7. The number of hydrogen-bond acceptors (Lipinski definition) is 4. The highest BCUT2D eigenvalue weighted by Crippen LogP contribution is 2.31. The lowest BCUT2D eigenvalue weighted by Crippen LogP contribution is -2.45. The topological polar surface area (TPSA) is 44.7 Å². The van der Waals surface area contributed by atoms with Gasteiger partial charge < -0.3 is 15.2 Å². The van der Waals surface area contributed by atoms with Crippen LogP contribution in [0.3, 0.4) is 0 Å². The van der Waals surface area contributed by atoms with Crippen LogP contribution in [0.5, 0.6) is 5.75 Å². The van der Waals surface area contributed by atoms with Gasteiger partial charge in [-0.2, -0.15) is 0 Å². The van der Waals surface area contributed by atoms with Crippen LogP contribution in [0.15, 0.2) is 24.3 Å². The first-order chi connectivity index (χ1) is 9.36. The molecule has 2 N–H and O–H groups in total.